The SMILES string of the molecule is O=C1NC(=O)c2c1ccc(CCN1CCNCC1)c2N1CCNCC1. The van der Waals surface area contributed by atoms with E-state index >= 15 is 0 Å². The molecule has 0 aliphatic carbocycles. The fourth-order valence-corrected chi connectivity index (χ4v) is 3.95. The van der Waals surface area contributed by atoms with Crippen molar-refractivity contribution in [2.24, 2.45) is 0 Å². The number of carbonyl (C=O) groups excluding carboxylic acids is 2. The van der Waals surface area contributed by atoms with E-state index in [9.17, 15) is 9.59 Å². The first-order valence-electron chi connectivity index (χ1n) is 9.14. The number of nitrogens with zero attached hydrogens (tertiary/aromatic N) is 2. The van der Waals surface area contributed by atoms with Gasteiger partial charge in [-0.15, -0.1) is 0 Å². The minimum atomic E-state index is -0.273. The standard InChI is InChI=1S/C18H25N5O2/c24-17-14-2-1-13(3-8-22-9-4-19-5-10-22)16(15(14)18(25)21-17)23-11-6-20-7-12-23/h1-2,19-20H,3-12H2,(H,21,24,25). The Balaban J connectivity index is 1.64. The topological polar surface area (TPSA) is 76.7 Å². The summed E-state index contributed by atoms with van der Waals surface area (Å²) in [5.74, 6) is -0.525. The summed E-state index contributed by atoms with van der Waals surface area (Å²) in [4.78, 5) is 29.2. The fraction of sp³-hybridized carbons (Fsp3) is 0.556. The number of hydrogen-bond donors (Lipinski definition) is 3. The van der Waals surface area contributed by atoms with E-state index in [1.165, 1.54) is 5.56 Å². The molecule has 1 aromatic carbocycles. The first-order valence-corrected chi connectivity index (χ1v) is 9.14. The second-order valence-electron chi connectivity index (χ2n) is 6.86. The molecule has 0 aromatic heterocycles. The van der Waals surface area contributed by atoms with E-state index in [4.69, 9.17) is 0 Å². The van der Waals surface area contributed by atoms with E-state index in [-0.39, 0.29) is 11.8 Å². The molecule has 7 nitrogen and oxygen atoms in total. The molecule has 3 heterocycles. The Bertz CT molecular complexity index is 678. The zero-order chi connectivity index (χ0) is 17.2. The zero-order valence-corrected chi connectivity index (χ0v) is 14.4. The zero-order valence-electron chi connectivity index (χ0n) is 14.4. The highest BCUT2D eigenvalue weighted by Crippen LogP contribution is 2.32. The number of imide groups is 1. The van der Waals surface area contributed by atoms with Gasteiger partial charge < -0.3 is 20.4 Å². The minimum Gasteiger partial charge on any atom is -0.368 e. The van der Waals surface area contributed by atoms with Gasteiger partial charge in [-0.25, -0.2) is 0 Å². The monoisotopic (exact) mass is 343 g/mol. The molecule has 0 radical (unpaired) electrons. The average Bonchev–Trinajstić information content (AvgIpc) is 2.95. The summed E-state index contributed by atoms with van der Waals surface area (Å²) in [6, 6.07) is 3.85. The second kappa shape index (κ2) is 7.11. The van der Waals surface area contributed by atoms with E-state index in [1.54, 1.807) is 0 Å². The van der Waals surface area contributed by atoms with E-state index in [0.29, 0.717) is 11.1 Å². The van der Waals surface area contributed by atoms with Crippen LogP contribution in [0.1, 0.15) is 26.3 Å². The molecule has 3 aliphatic rings. The molecule has 3 aliphatic heterocycles. The van der Waals surface area contributed by atoms with Crippen LogP contribution >= 0.6 is 0 Å². The van der Waals surface area contributed by atoms with Gasteiger partial charge in [-0.05, 0) is 18.1 Å². The van der Waals surface area contributed by atoms with Crippen molar-refractivity contribution in [2.45, 2.75) is 6.42 Å². The van der Waals surface area contributed by atoms with Crippen molar-refractivity contribution in [3.05, 3.63) is 28.8 Å². The van der Waals surface area contributed by atoms with Crippen LogP contribution in [0.2, 0.25) is 0 Å². The Labute approximate surface area is 147 Å². The lowest BCUT2D eigenvalue weighted by molar-refractivity contribution is 0.0880. The molecule has 0 spiro atoms. The van der Waals surface area contributed by atoms with Crippen LogP contribution in [0.15, 0.2) is 12.1 Å². The molecule has 3 N–H and O–H groups in total. The van der Waals surface area contributed by atoms with E-state index in [1.807, 2.05) is 12.1 Å². The van der Waals surface area contributed by atoms with Gasteiger partial charge in [0.1, 0.15) is 0 Å². The Kier molecular flexibility index (Phi) is 4.70. The van der Waals surface area contributed by atoms with Crippen molar-refractivity contribution in [1.29, 1.82) is 0 Å². The van der Waals surface area contributed by atoms with Gasteiger partial charge >= 0.3 is 0 Å². The maximum Gasteiger partial charge on any atom is 0.261 e. The molecular formula is C18H25N5O2. The highest BCUT2D eigenvalue weighted by atomic mass is 16.2. The van der Waals surface area contributed by atoms with Crippen molar-refractivity contribution in [3.8, 4) is 0 Å². The summed E-state index contributed by atoms with van der Waals surface area (Å²) in [5.41, 5.74) is 3.23. The van der Waals surface area contributed by atoms with Gasteiger partial charge in [0.25, 0.3) is 11.8 Å². The van der Waals surface area contributed by atoms with Gasteiger partial charge in [0, 0.05) is 58.9 Å². The smallest absolute Gasteiger partial charge is 0.261 e. The Hall–Kier alpha value is -1.96. The molecule has 0 bridgehead atoms. The Morgan fingerprint density at radius 2 is 1.56 bits per heavy atom. The summed E-state index contributed by atoms with van der Waals surface area (Å²) in [5, 5.41) is 9.18. The van der Waals surface area contributed by atoms with E-state index in [0.717, 1.165) is 71.0 Å². The van der Waals surface area contributed by atoms with Crippen LogP contribution in [-0.4, -0.2) is 75.6 Å². The highest BCUT2D eigenvalue weighted by molar-refractivity contribution is 6.24. The summed E-state index contributed by atoms with van der Waals surface area (Å²) >= 11 is 0. The maximum absolute atomic E-state index is 12.4. The number of nitrogens with one attached hydrogen (secondary N) is 3. The summed E-state index contributed by atoms with van der Waals surface area (Å²) < 4.78 is 0. The van der Waals surface area contributed by atoms with Crippen LogP contribution in [0.3, 0.4) is 0 Å². The third kappa shape index (κ3) is 3.27. The van der Waals surface area contributed by atoms with Crippen LogP contribution in [0.5, 0.6) is 0 Å². The number of benzene rings is 1. The first-order chi connectivity index (χ1) is 12.2. The molecule has 0 atom stereocenters. The number of carbonyl (C=O) groups is 2. The van der Waals surface area contributed by atoms with Crippen LogP contribution in [0.4, 0.5) is 5.69 Å². The van der Waals surface area contributed by atoms with Gasteiger partial charge in [0.05, 0.1) is 16.8 Å². The number of hydrogen-bond acceptors (Lipinski definition) is 6. The van der Waals surface area contributed by atoms with Crippen molar-refractivity contribution in [2.75, 3.05) is 63.8 Å². The van der Waals surface area contributed by atoms with Gasteiger partial charge in [-0.2, -0.15) is 0 Å². The molecule has 25 heavy (non-hydrogen) atoms. The van der Waals surface area contributed by atoms with Crippen LogP contribution in [0.25, 0.3) is 0 Å². The first kappa shape index (κ1) is 16.5. The average molecular weight is 343 g/mol. The van der Waals surface area contributed by atoms with Crippen molar-refractivity contribution >= 4 is 17.5 Å². The highest BCUT2D eigenvalue weighted by Gasteiger charge is 2.33. The van der Waals surface area contributed by atoms with Gasteiger partial charge in [-0.3, -0.25) is 14.9 Å². The maximum atomic E-state index is 12.4. The molecule has 4 rings (SSSR count). The molecule has 0 saturated carbocycles. The Morgan fingerprint density at radius 3 is 2.28 bits per heavy atom. The number of amides is 2. The Morgan fingerprint density at radius 1 is 0.880 bits per heavy atom. The normalized spacial score (nSPS) is 21.4. The van der Waals surface area contributed by atoms with Crippen LogP contribution in [-0.2, 0) is 6.42 Å². The van der Waals surface area contributed by atoms with E-state index < -0.39 is 0 Å². The number of piperazine rings is 2. The summed E-state index contributed by atoms with van der Waals surface area (Å²) in [7, 11) is 0. The third-order valence-electron chi connectivity index (χ3n) is 5.30. The predicted octanol–water partition coefficient (Wildman–Crippen LogP) is -0.572. The van der Waals surface area contributed by atoms with Crippen molar-refractivity contribution < 1.29 is 9.59 Å². The lowest BCUT2D eigenvalue weighted by Gasteiger charge is -2.33. The lowest BCUT2D eigenvalue weighted by atomic mass is 9.98. The number of fused-ring (bicyclic) bond motifs is 1. The lowest BCUT2D eigenvalue weighted by Crippen LogP contribution is -2.45. The summed E-state index contributed by atoms with van der Waals surface area (Å²) in [6.45, 7) is 8.69. The molecular weight excluding hydrogens is 318 g/mol. The summed E-state index contributed by atoms with van der Waals surface area (Å²) in [6.07, 6.45) is 0.897. The van der Waals surface area contributed by atoms with E-state index in [2.05, 4.69) is 25.8 Å². The second-order valence-corrected chi connectivity index (χ2v) is 6.86. The molecule has 2 amide bonds. The molecule has 2 fully saturated rings. The molecule has 0 unspecified atom stereocenters. The van der Waals surface area contributed by atoms with Gasteiger partial charge in [0.15, 0.2) is 0 Å². The predicted molar refractivity (Wildman–Crippen MR) is 96.3 cm³/mol. The minimum absolute atomic E-state index is 0.252. The van der Waals surface area contributed by atoms with Crippen LogP contribution in [0, 0.1) is 0 Å². The van der Waals surface area contributed by atoms with Crippen molar-refractivity contribution in [1.82, 2.24) is 20.9 Å². The third-order valence-corrected chi connectivity index (χ3v) is 5.30. The van der Waals surface area contributed by atoms with Crippen molar-refractivity contribution in [3.63, 3.8) is 0 Å². The van der Waals surface area contributed by atoms with Gasteiger partial charge in [0.2, 0.25) is 0 Å². The quantitative estimate of drug-likeness (QED) is 0.636. The molecule has 7 heteroatoms. The van der Waals surface area contributed by atoms with Gasteiger partial charge in [-0.1, -0.05) is 6.07 Å². The van der Waals surface area contributed by atoms with Crippen LogP contribution < -0.4 is 20.9 Å². The molecule has 134 valence electrons. The fourth-order valence-electron chi connectivity index (χ4n) is 3.95. The number of rotatable bonds is 4. The largest absolute Gasteiger partial charge is 0.368 e. The molecule has 2 saturated heterocycles. The molecule has 1 aromatic rings. The number of anilines is 1.